The summed E-state index contributed by atoms with van der Waals surface area (Å²) < 4.78 is 0. The second kappa shape index (κ2) is 5.21. The second-order valence-electron chi connectivity index (χ2n) is 6.71. The van der Waals surface area contributed by atoms with Crippen LogP contribution in [0.5, 0.6) is 0 Å². The lowest BCUT2D eigenvalue weighted by Crippen LogP contribution is -2.34. The minimum atomic E-state index is 0.147. The van der Waals surface area contributed by atoms with E-state index in [2.05, 4.69) is 50.2 Å². The van der Waals surface area contributed by atoms with Crippen molar-refractivity contribution >= 4 is 10.8 Å². The normalized spacial score (nSPS) is 19.9. The summed E-state index contributed by atoms with van der Waals surface area (Å²) in [6, 6.07) is 13.2. The number of aryl methyl sites for hydroxylation is 1. The van der Waals surface area contributed by atoms with Crippen molar-refractivity contribution in [3.63, 3.8) is 0 Å². The molecule has 2 N–H and O–H groups in total. The van der Waals surface area contributed by atoms with Gasteiger partial charge in [0.25, 0.3) is 0 Å². The Morgan fingerprint density at radius 3 is 2.45 bits per heavy atom. The fourth-order valence-corrected chi connectivity index (χ4v) is 3.84. The first kappa shape index (κ1) is 13.6. The van der Waals surface area contributed by atoms with Crippen molar-refractivity contribution < 1.29 is 0 Å². The minimum Gasteiger partial charge on any atom is -0.323 e. The van der Waals surface area contributed by atoms with E-state index in [1.807, 2.05) is 0 Å². The number of benzene rings is 2. The number of hydrogen-bond donors (Lipinski definition) is 1. The van der Waals surface area contributed by atoms with Crippen LogP contribution in [0.1, 0.15) is 56.2 Å². The predicted molar refractivity (Wildman–Crippen MR) is 86.8 cm³/mol. The highest BCUT2D eigenvalue weighted by molar-refractivity contribution is 5.87. The zero-order valence-corrected chi connectivity index (χ0v) is 12.7. The first-order chi connectivity index (χ1) is 9.62. The summed E-state index contributed by atoms with van der Waals surface area (Å²) in [5.74, 6) is 0. The molecule has 3 rings (SSSR count). The van der Waals surface area contributed by atoms with E-state index in [1.54, 1.807) is 0 Å². The summed E-state index contributed by atoms with van der Waals surface area (Å²) in [7, 11) is 0. The number of hydrogen-bond acceptors (Lipinski definition) is 1. The summed E-state index contributed by atoms with van der Waals surface area (Å²) in [5.41, 5.74) is 9.73. The van der Waals surface area contributed by atoms with Crippen LogP contribution in [0, 0.1) is 12.3 Å². The Bertz CT molecular complexity index is 608. The van der Waals surface area contributed by atoms with Gasteiger partial charge in [-0.15, -0.1) is 0 Å². The maximum atomic E-state index is 6.77. The van der Waals surface area contributed by atoms with Gasteiger partial charge in [0.05, 0.1) is 0 Å². The molecule has 2 aromatic rings. The van der Waals surface area contributed by atoms with E-state index < -0.39 is 0 Å². The van der Waals surface area contributed by atoms with Crippen LogP contribution in [-0.4, -0.2) is 0 Å². The zero-order valence-electron chi connectivity index (χ0n) is 12.7. The van der Waals surface area contributed by atoms with E-state index in [-0.39, 0.29) is 11.5 Å². The van der Waals surface area contributed by atoms with Gasteiger partial charge in [-0.3, -0.25) is 0 Å². The summed E-state index contributed by atoms with van der Waals surface area (Å²) in [4.78, 5) is 0. The van der Waals surface area contributed by atoms with Crippen molar-refractivity contribution in [3.05, 3.63) is 47.5 Å². The number of fused-ring (bicyclic) bond motifs is 1. The van der Waals surface area contributed by atoms with Gasteiger partial charge in [0, 0.05) is 6.04 Å². The van der Waals surface area contributed by atoms with Crippen molar-refractivity contribution in [2.45, 2.75) is 52.0 Å². The van der Waals surface area contributed by atoms with E-state index in [4.69, 9.17) is 5.73 Å². The van der Waals surface area contributed by atoms with Crippen LogP contribution in [0.25, 0.3) is 10.8 Å². The summed E-state index contributed by atoms with van der Waals surface area (Å²) in [5, 5.41) is 2.65. The molecular formula is C19H25N. The molecule has 0 heterocycles. The smallest absolute Gasteiger partial charge is 0.0358 e. The maximum absolute atomic E-state index is 6.77. The third kappa shape index (κ3) is 2.25. The Morgan fingerprint density at radius 2 is 1.70 bits per heavy atom. The Labute approximate surface area is 122 Å². The molecule has 1 nitrogen and oxygen atoms in total. The fourth-order valence-electron chi connectivity index (χ4n) is 3.84. The molecule has 0 radical (unpaired) electrons. The van der Waals surface area contributed by atoms with Crippen LogP contribution in [0.2, 0.25) is 0 Å². The van der Waals surface area contributed by atoms with Gasteiger partial charge in [-0.25, -0.2) is 0 Å². The molecule has 0 bridgehead atoms. The molecule has 0 spiro atoms. The fraction of sp³-hybridized carbons (Fsp3) is 0.474. The molecule has 0 aromatic heterocycles. The van der Waals surface area contributed by atoms with Gasteiger partial charge in [-0.05, 0) is 47.1 Å². The molecule has 1 aliphatic carbocycles. The molecule has 1 unspecified atom stereocenters. The topological polar surface area (TPSA) is 26.0 Å². The van der Waals surface area contributed by atoms with Gasteiger partial charge in [0.1, 0.15) is 0 Å². The van der Waals surface area contributed by atoms with E-state index >= 15 is 0 Å². The van der Waals surface area contributed by atoms with E-state index in [0.717, 1.165) is 0 Å². The van der Waals surface area contributed by atoms with Gasteiger partial charge in [0.15, 0.2) is 0 Å². The highest BCUT2D eigenvalue weighted by Gasteiger charge is 2.35. The van der Waals surface area contributed by atoms with Gasteiger partial charge >= 0.3 is 0 Å². The molecular weight excluding hydrogens is 242 g/mol. The van der Waals surface area contributed by atoms with Crippen molar-refractivity contribution in [2.75, 3.05) is 0 Å². The van der Waals surface area contributed by atoms with Gasteiger partial charge in [0.2, 0.25) is 0 Å². The molecule has 0 amide bonds. The predicted octanol–water partition coefficient (Wildman–Crippen LogP) is 5.12. The van der Waals surface area contributed by atoms with E-state index in [0.29, 0.717) is 0 Å². The van der Waals surface area contributed by atoms with Crippen molar-refractivity contribution in [1.82, 2.24) is 0 Å². The summed E-state index contributed by atoms with van der Waals surface area (Å²) >= 11 is 0. The quantitative estimate of drug-likeness (QED) is 0.803. The zero-order chi connectivity index (χ0) is 14.2. The van der Waals surface area contributed by atoms with Crippen LogP contribution in [-0.2, 0) is 0 Å². The largest absolute Gasteiger partial charge is 0.323 e. The van der Waals surface area contributed by atoms with Crippen molar-refractivity contribution in [1.29, 1.82) is 0 Å². The van der Waals surface area contributed by atoms with Crippen LogP contribution < -0.4 is 5.73 Å². The molecule has 1 aliphatic rings. The van der Waals surface area contributed by atoms with Gasteiger partial charge in [-0.2, -0.15) is 0 Å². The van der Waals surface area contributed by atoms with Crippen LogP contribution >= 0.6 is 0 Å². The Hall–Kier alpha value is -1.34. The van der Waals surface area contributed by atoms with Gasteiger partial charge < -0.3 is 5.73 Å². The lowest BCUT2D eigenvalue weighted by Gasteiger charge is -2.40. The SMILES string of the molecule is Cc1ccc2ccccc2c1C(N)C1(C)CCCCC1. The lowest BCUT2D eigenvalue weighted by atomic mass is 9.68. The van der Waals surface area contributed by atoms with E-state index in [9.17, 15) is 0 Å². The first-order valence-electron chi connectivity index (χ1n) is 7.86. The second-order valence-corrected chi connectivity index (χ2v) is 6.71. The molecule has 1 fully saturated rings. The number of rotatable bonds is 2. The third-order valence-electron chi connectivity index (χ3n) is 5.25. The molecule has 2 aromatic carbocycles. The summed E-state index contributed by atoms with van der Waals surface area (Å²) in [6.07, 6.45) is 6.55. The lowest BCUT2D eigenvalue weighted by molar-refractivity contribution is 0.170. The number of nitrogens with two attached hydrogens (primary N) is 1. The summed E-state index contributed by atoms with van der Waals surface area (Å²) in [6.45, 7) is 4.59. The van der Waals surface area contributed by atoms with Crippen molar-refractivity contribution in [2.24, 2.45) is 11.1 Å². The average Bonchev–Trinajstić information content (AvgIpc) is 2.47. The van der Waals surface area contributed by atoms with Crippen LogP contribution in [0.4, 0.5) is 0 Å². The highest BCUT2D eigenvalue weighted by atomic mass is 14.7. The highest BCUT2D eigenvalue weighted by Crippen LogP contribution is 2.46. The molecule has 0 saturated heterocycles. The Kier molecular flexibility index (Phi) is 3.55. The molecule has 1 atom stereocenters. The third-order valence-corrected chi connectivity index (χ3v) is 5.25. The van der Waals surface area contributed by atoms with Crippen LogP contribution in [0.15, 0.2) is 36.4 Å². The van der Waals surface area contributed by atoms with Crippen molar-refractivity contribution in [3.8, 4) is 0 Å². The first-order valence-corrected chi connectivity index (χ1v) is 7.86. The molecule has 20 heavy (non-hydrogen) atoms. The van der Waals surface area contributed by atoms with Gasteiger partial charge in [-0.1, -0.05) is 62.6 Å². The molecule has 1 saturated carbocycles. The molecule has 0 aliphatic heterocycles. The molecule has 1 heteroatoms. The standard InChI is InChI=1S/C19H25N/c1-14-10-11-15-8-4-5-9-16(15)17(14)18(20)19(2)12-6-3-7-13-19/h4-5,8-11,18H,3,6-7,12-13,20H2,1-2H3. The van der Waals surface area contributed by atoms with Crippen LogP contribution in [0.3, 0.4) is 0 Å². The average molecular weight is 267 g/mol. The Balaban J connectivity index is 2.11. The monoisotopic (exact) mass is 267 g/mol. The van der Waals surface area contributed by atoms with E-state index in [1.165, 1.54) is 54.0 Å². The minimum absolute atomic E-state index is 0.147. The maximum Gasteiger partial charge on any atom is 0.0358 e. The molecule has 106 valence electrons. The Morgan fingerprint density at radius 1 is 1.00 bits per heavy atom.